The molecule has 5 nitrogen and oxygen atoms in total. The molecular formula is C13H21N3O2S. The van der Waals surface area contributed by atoms with E-state index in [2.05, 4.69) is 11.8 Å². The lowest BCUT2D eigenvalue weighted by Crippen LogP contribution is -2.28. The van der Waals surface area contributed by atoms with Gasteiger partial charge in [-0.2, -0.15) is 0 Å². The number of nitrogens with two attached hydrogens (primary N) is 1. The van der Waals surface area contributed by atoms with Crippen LogP contribution >= 0.6 is 0 Å². The summed E-state index contributed by atoms with van der Waals surface area (Å²) in [6.07, 6.45) is 0. The molecule has 1 aromatic carbocycles. The van der Waals surface area contributed by atoms with E-state index in [1.54, 1.807) is 12.1 Å². The van der Waals surface area contributed by atoms with E-state index in [9.17, 15) is 8.42 Å². The average molecular weight is 283 g/mol. The molecule has 0 amide bonds. The van der Waals surface area contributed by atoms with Gasteiger partial charge in [-0.15, -0.1) is 0 Å². The predicted molar refractivity (Wildman–Crippen MR) is 76.7 cm³/mol. The number of hydrogen-bond acceptors (Lipinski definition) is 4. The molecule has 2 N–H and O–H groups in total. The average Bonchev–Trinajstić information content (AvgIpc) is 2.69. The van der Waals surface area contributed by atoms with Gasteiger partial charge in [-0.05, 0) is 30.2 Å². The van der Waals surface area contributed by atoms with Crippen LogP contribution < -0.4 is 10.6 Å². The molecule has 0 bridgehead atoms. The molecule has 1 aromatic rings. The van der Waals surface area contributed by atoms with Crippen LogP contribution in [0.2, 0.25) is 0 Å². The first-order valence-electron chi connectivity index (χ1n) is 6.35. The minimum absolute atomic E-state index is 0.185. The lowest BCUT2D eigenvalue weighted by molar-refractivity contribution is 0.521. The van der Waals surface area contributed by atoms with Crippen molar-refractivity contribution in [1.82, 2.24) is 4.31 Å². The molecule has 1 heterocycles. The van der Waals surface area contributed by atoms with E-state index < -0.39 is 10.0 Å². The van der Waals surface area contributed by atoms with Crippen LogP contribution in [0, 0.1) is 5.92 Å². The molecule has 0 aliphatic carbocycles. The van der Waals surface area contributed by atoms with Gasteiger partial charge in [0.05, 0.1) is 4.90 Å². The van der Waals surface area contributed by atoms with Crippen LogP contribution in [0.15, 0.2) is 29.2 Å². The molecule has 1 fully saturated rings. The fourth-order valence-electron chi connectivity index (χ4n) is 2.24. The second-order valence-electron chi connectivity index (χ2n) is 5.33. The van der Waals surface area contributed by atoms with Gasteiger partial charge >= 0.3 is 0 Å². The molecule has 1 aliphatic heterocycles. The Balaban J connectivity index is 2.20. The fourth-order valence-corrected chi connectivity index (χ4v) is 3.14. The molecule has 0 aromatic heterocycles. The van der Waals surface area contributed by atoms with Gasteiger partial charge in [-0.3, -0.25) is 0 Å². The van der Waals surface area contributed by atoms with Crippen LogP contribution in [0.25, 0.3) is 0 Å². The highest BCUT2D eigenvalue weighted by Gasteiger charge is 2.27. The highest BCUT2D eigenvalue weighted by Crippen LogP contribution is 2.24. The van der Waals surface area contributed by atoms with Crippen molar-refractivity contribution in [2.45, 2.75) is 17.9 Å². The Morgan fingerprint density at radius 1 is 1.21 bits per heavy atom. The number of anilines is 1. The summed E-state index contributed by atoms with van der Waals surface area (Å²) in [5.41, 5.74) is 7.03. The molecular weight excluding hydrogens is 262 g/mol. The number of benzene rings is 1. The summed E-state index contributed by atoms with van der Waals surface area (Å²) < 4.78 is 25.1. The van der Waals surface area contributed by atoms with Crippen LogP contribution in [0.1, 0.15) is 6.92 Å². The van der Waals surface area contributed by atoms with E-state index >= 15 is 0 Å². The molecule has 2 atom stereocenters. The van der Waals surface area contributed by atoms with Gasteiger partial charge in [0.25, 0.3) is 0 Å². The number of nitrogens with zero attached hydrogens (tertiary/aromatic N) is 2. The zero-order valence-electron chi connectivity index (χ0n) is 11.6. The maximum absolute atomic E-state index is 12.0. The highest BCUT2D eigenvalue weighted by molar-refractivity contribution is 7.89. The number of hydrogen-bond donors (Lipinski definition) is 1. The molecule has 2 unspecified atom stereocenters. The third-order valence-corrected chi connectivity index (χ3v) is 5.48. The summed E-state index contributed by atoms with van der Waals surface area (Å²) in [6, 6.07) is 7.19. The molecule has 0 saturated carbocycles. The fraction of sp³-hybridized carbons (Fsp3) is 0.538. The monoisotopic (exact) mass is 283 g/mol. The second kappa shape index (κ2) is 5.11. The summed E-state index contributed by atoms with van der Waals surface area (Å²) in [5, 5.41) is 0. The van der Waals surface area contributed by atoms with Crippen LogP contribution in [0.4, 0.5) is 5.69 Å². The van der Waals surface area contributed by atoms with E-state index in [4.69, 9.17) is 5.73 Å². The highest BCUT2D eigenvalue weighted by atomic mass is 32.2. The van der Waals surface area contributed by atoms with Crippen molar-refractivity contribution in [3.05, 3.63) is 24.3 Å². The first-order valence-corrected chi connectivity index (χ1v) is 7.79. The van der Waals surface area contributed by atoms with Crippen LogP contribution in [-0.4, -0.2) is 45.9 Å². The van der Waals surface area contributed by atoms with Gasteiger partial charge in [0.1, 0.15) is 0 Å². The van der Waals surface area contributed by atoms with Gasteiger partial charge in [-0.1, -0.05) is 6.92 Å². The zero-order chi connectivity index (χ0) is 14.2. The lowest BCUT2D eigenvalue weighted by Gasteiger charge is -2.19. The molecule has 1 saturated heterocycles. The van der Waals surface area contributed by atoms with Gasteiger partial charge in [0, 0.05) is 38.9 Å². The minimum Gasteiger partial charge on any atom is -0.370 e. The Hall–Kier alpha value is -1.11. The second-order valence-corrected chi connectivity index (χ2v) is 7.48. The topological polar surface area (TPSA) is 66.6 Å². The molecule has 0 radical (unpaired) electrons. The summed E-state index contributed by atoms with van der Waals surface area (Å²) in [4.78, 5) is 2.51. The van der Waals surface area contributed by atoms with Crippen LogP contribution in [0.5, 0.6) is 0 Å². The van der Waals surface area contributed by atoms with Gasteiger partial charge in [0.2, 0.25) is 10.0 Å². The maximum atomic E-state index is 12.0. The van der Waals surface area contributed by atoms with Gasteiger partial charge < -0.3 is 10.6 Å². The molecule has 0 spiro atoms. The van der Waals surface area contributed by atoms with Crippen molar-refractivity contribution in [1.29, 1.82) is 0 Å². The summed E-state index contributed by atoms with van der Waals surface area (Å²) in [6.45, 7) is 3.87. The summed E-state index contributed by atoms with van der Waals surface area (Å²) >= 11 is 0. The Bertz CT molecular complexity index is 530. The first-order chi connectivity index (χ1) is 8.82. The van der Waals surface area contributed by atoms with Crippen molar-refractivity contribution < 1.29 is 8.42 Å². The van der Waals surface area contributed by atoms with Crippen LogP contribution in [-0.2, 0) is 10.0 Å². The Kier molecular flexibility index (Phi) is 3.85. The Morgan fingerprint density at radius 2 is 1.79 bits per heavy atom. The van der Waals surface area contributed by atoms with Gasteiger partial charge in [0.15, 0.2) is 0 Å². The smallest absolute Gasteiger partial charge is 0.242 e. The molecule has 106 valence electrons. The minimum atomic E-state index is -3.35. The molecule has 19 heavy (non-hydrogen) atoms. The quantitative estimate of drug-likeness (QED) is 0.887. The van der Waals surface area contributed by atoms with Crippen molar-refractivity contribution in [3.8, 4) is 0 Å². The summed E-state index contributed by atoms with van der Waals surface area (Å²) in [5.74, 6) is 0.463. The zero-order valence-corrected chi connectivity index (χ0v) is 12.4. The molecule has 2 rings (SSSR count). The maximum Gasteiger partial charge on any atom is 0.242 e. The SMILES string of the molecule is CC1CN(c2ccc(S(=O)(=O)N(C)C)cc2)CC1N. The van der Waals surface area contributed by atoms with E-state index in [1.165, 1.54) is 18.4 Å². The summed E-state index contributed by atoms with van der Waals surface area (Å²) in [7, 11) is -0.284. The van der Waals surface area contributed by atoms with Crippen molar-refractivity contribution in [2.24, 2.45) is 11.7 Å². The van der Waals surface area contributed by atoms with Gasteiger partial charge in [-0.25, -0.2) is 12.7 Å². The van der Waals surface area contributed by atoms with E-state index in [-0.39, 0.29) is 6.04 Å². The Morgan fingerprint density at radius 3 is 2.21 bits per heavy atom. The number of sulfonamides is 1. The standard InChI is InChI=1S/C13H21N3O2S/c1-10-8-16(9-13(10)14)11-4-6-12(7-5-11)19(17,18)15(2)3/h4-7,10,13H,8-9,14H2,1-3H3. The van der Waals surface area contributed by atoms with E-state index in [0.717, 1.165) is 18.8 Å². The molecule has 6 heteroatoms. The lowest BCUT2D eigenvalue weighted by atomic mass is 10.1. The van der Waals surface area contributed by atoms with Crippen LogP contribution in [0.3, 0.4) is 0 Å². The third-order valence-electron chi connectivity index (χ3n) is 3.65. The predicted octanol–water partition coefficient (Wildman–Crippen LogP) is 0.720. The third kappa shape index (κ3) is 2.75. The van der Waals surface area contributed by atoms with Crippen molar-refractivity contribution in [3.63, 3.8) is 0 Å². The molecule has 1 aliphatic rings. The van der Waals surface area contributed by atoms with E-state index in [1.807, 2.05) is 12.1 Å². The normalized spacial score (nSPS) is 24.2. The van der Waals surface area contributed by atoms with E-state index in [0.29, 0.717) is 10.8 Å². The first kappa shape index (κ1) is 14.3. The largest absolute Gasteiger partial charge is 0.370 e. The van der Waals surface area contributed by atoms with Crippen molar-refractivity contribution in [2.75, 3.05) is 32.1 Å². The van der Waals surface area contributed by atoms with Crippen molar-refractivity contribution >= 4 is 15.7 Å². The Labute approximate surface area is 115 Å². The number of rotatable bonds is 3.